The summed E-state index contributed by atoms with van der Waals surface area (Å²) in [5, 5.41) is 24.8. The number of methoxy groups -OCH3 is 1. The molecular weight excluding hydrogens is 430 g/mol. The van der Waals surface area contributed by atoms with Crippen molar-refractivity contribution in [3.05, 3.63) is 36.8 Å². The van der Waals surface area contributed by atoms with E-state index in [2.05, 4.69) is 50.9 Å². The highest BCUT2D eigenvalue weighted by Crippen LogP contribution is 2.36. The molecule has 0 spiro atoms. The zero-order valence-electron chi connectivity index (χ0n) is 20.1. The summed E-state index contributed by atoms with van der Waals surface area (Å²) >= 11 is 0. The summed E-state index contributed by atoms with van der Waals surface area (Å²) in [6.07, 6.45) is 6.37. The average molecular weight is 460 g/mol. The molecular formula is C25H29N7O2. The molecule has 4 heterocycles. The molecule has 1 aromatic carbocycles. The fourth-order valence-corrected chi connectivity index (χ4v) is 4.52. The van der Waals surface area contributed by atoms with E-state index >= 15 is 0 Å². The topological polar surface area (TPSA) is 102 Å². The molecule has 0 aliphatic carbocycles. The molecule has 0 saturated carbocycles. The Morgan fingerprint density at radius 2 is 1.88 bits per heavy atom. The van der Waals surface area contributed by atoms with Gasteiger partial charge in [-0.05, 0) is 41.5 Å². The van der Waals surface area contributed by atoms with E-state index in [1.54, 1.807) is 30.3 Å². The van der Waals surface area contributed by atoms with E-state index in [-0.39, 0.29) is 11.2 Å². The predicted molar refractivity (Wildman–Crippen MR) is 131 cm³/mol. The van der Waals surface area contributed by atoms with Crippen molar-refractivity contribution in [1.29, 1.82) is 0 Å². The maximum absolute atomic E-state index is 10.7. The maximum atomic E-state index is 10.7. The molecule has 9 nitrogen and oxygen atoms in total. The van der Waals surface area contributed by atoms with Gasteiger partial charge < -0.3 is 14.7 Å². The Hall–Kier alpha value is -3.75. The zero-order valence-corrected chi connectivity index (χ0v) is 20.1. The number of anilines is 1. The van der Waals surface area contributed by atoms with E-state index in [1.165, 1.54) is 0 Å². The van der Waals surface area contributed by atoms with Crippen LogP contribution in [0.1, 0.15) is 27.2 Å². The molecule has 34 heavy (non-hydrogen) atoms. The number of aromatic hydroxyl groups is 1. The van der Waals surface area contributed by atoms with Gasteiger partial charge in [-0.3, -0.25) is 4.68 Å². The monoisotopic (exact) mass is 459 g/mol. The first-order valence-corrected chi connectivity index (χ1v) is 11.4. The van der Waals surface area contributed by atoms with Crippen LogP contribution in [-0.2, 0) is 7.05 Å². The van der Waals surface area contributed by atoms with Crippen LogP contribution in [0.3, 0.4) is 0 Å². The van der Waals surface area contributed by atoms with E-state index < -0.39 is 0 Å². The largest absolute Gasteiger partial charge is 0.506 e. The lowest BCUT2D eigenvalue weighted by Crippen LogP contribution is -2.27. The maximum Gasteiger partial charge on any atom is 0.245 e. The third-order valence-corrected chi connectivity index (χ3v) is 6.60. The summed E-state index contributed by atoms with van der Waals surface area (Å²) in [7, 11) is 3.49. The molecule has 1 atom stereocenters. The SMILES string of the molecule is COc1cc(-c2cnc(-c3cnc(N4CC[C@H](C(C)(C)C)C4)nn3)c(O)c2)cc2cn(C)nc12. The smallest absolute Gasteiger partial charge is 0.245 e. The third kappa shape index (κ3) is 4.02. The van der Waals surface area contributed by atoms with Crippen LogP contribution < -0.4 is 9.64 Å². The molecule has 0 bridgehead atoms. The van der Waals surface area contributed by atoms with Gasteiger partial charge in [0.2, 0.25) is 5.95 Å². The average Bonchev–Trinajstić information content (AvgIpc) is 3.45. The summed E-state index contributed by atoms with van der Waals surface area (Å²) in [5.74, 6) is 1.89. The molecule has 1 saturated heterocycles. The minimum Gasteiger partial charge on any atom is -0.506 e. The van der Waals surface area contributed by atoms with Gasteiger partial charge in [-0.15, -0.1) is 10.2 Å². The minimum atomic E-state index is 0.0144. The molecule has 3 aromatic heterocycles. The molecule has 176 valence electrons. The highest BCUT2D eigenvalue weighted by Gasteiger charge is 2.33. The normalized spacial score (nSPS) is 16.4. The zero-order chi connectivity index (χ0) is 24.0. The van der Waals surface area contributed by atoms with Crippen LogP contribution in [0.25, 0.3) is 33.4 Å². The molecule has 0 radical (unpaired) electrons. The molecule has 1 N–H and O–H groups in total. The lowest BCUT2D eigenvalue weighted by atomic mass is 9.80. The van der Waals surface area contributed by atoms with Crippen molar-refractivity contribution >= 4 is 16.9 Å². The van der Waals surface area contributed by atoms with Crippen molar-refractivity contribution in [2.45, 2.75) is 27.2 Å². The number of hydrogen-bond acceptors (Lipinski definition) is 8. The van der Waals surface area contributed by atoms with Crippen LogP contribution >= 0.6 is 0 Å². The van der Waals surface area contributed by atoms with Crippen molar-refractivity contribution < 1.29 is 9.84 Å². The Balaban J connectivity index is 1.40. The van der Waals surface area contributed by atoms with Crippen LogP contribution in [-0.4, -0.2) is 55.3 Å². The summed E-state index contributed by atoms with van der Waals surface area (Å²) in [6, 6.07) is 5.56. The van der Waals surface area contributed by atoms with Crippen molar-refractivity contribution in [2.24, 2.45) is 18.4 Å². The number of fused-ring (bicyclic) bond motifs is 1. The Labute approximate surface area is 198 Å². The second-order valence-electron chi connectivity index (χ2n) is 9.95. The van der Waals surface area contributed by atoms with Crippen molar-refractivity contribution in [3.8, 4) is 34.0 Å². The quantitative estimate of drug-likeness (QED) is 0.487. The summed E-state index contributed by atoms with van der Waals surface area (Å²) in [6.45, 7) is 8.66. The van der Waals surface area contributed by atoms with E-state index in [0.717, 1.165) is 41.5 Å². The second kappa shape index (κ2) is 8.23. The van der Waals surface area contributed by atoms with Gasteiger partial charge in [-0.2, -0.15) is 5.10 Å². The molecule has 0 amide bonds. The van der Waals surface area contributed by atoms with Gasteiger partial charge in [0.15, 0.2) is 0 Å². The minimum absolute atomic E-state index is 0.0144. The van der Waals surface area contributed by atoms with Gasteiger partial charge >= 0.3 is 0 Å². The fraction of sp³-hybridized carbons (Fsp3) is 0.400. The first-order valence-electron chi connectivity index (χ1n) is 11.4. The predicted octanol–water partition coefficient (Wildman–Crippen LogP) is 4.07. The van der Waals surface area contributed by atoms with Crippen LogP contribution in [0.2, 0.25) is 0 Å². The molecule has 4 aromatic rings. The lowest BCUT2D eigenvalue weighted by molar-refractivity contribution is 0.263. The number of aryl methyl sites for hydroxylation is 1. The standard InChI is InChI=1S/C25H29N7O2/c1-25(2,3)18-6-7-32(14-18)24-27-12-19(28-29-24)23-20(33)9-16(11-26-23)15-8-17-13-31(4)30-22(17)21(10-15)34-5/h8-13,18,33H,6-7,14H2,1-5H3/t18-/m0/s1. The van der Waals surface area contributed by atoms with Crippen LogP contribution in [0, 0.1) is 11.3 Å². The van der Waals surface area contributed by atoms with Gasteiger partial charge in [0.05, 0.1) is 13.3 Å². The molecule has 9 heteroatoms. The highest BCUT2D eigenvalue weighted by molar-refractivity contribution is 5.90. The molecule has 0 unspecified atom stereocenters. The van der Waals surface area contributed by atoms with Gasteiger partial charge in [-0.25, -0.2) is 9.97 Å². The Kier molecular flexibility index (Phi) is 5.34. The van der Waals surface area contributed by atoms with Crippen LogP contribution in [0.4, 0.5) is 5.95 Å². The summed E-state index contributed by atoms with van der Waals surface area (Å²) < 4.78 is 7.26. The number of nitrogens with zero attached hydrogens (tertiary/aromatic N) is 7. The third-order valence-electron chi connectivity index (χ3n) is 6.60. The van der Waals surface area contributed by atoms with E-state index in [9.17, 15) is 5.11 Å². The molecule has 1 aliphatic rings. The lowest BCUT2D eigenvalue weighted by Gasteiger charge is -2.26. The first kappa shape index (κ1) is 22.1. The number of benzene rings is 1. The molecule has 5 rings (SSSR count). The van der Waals surface area contributed by atoms with Crippen molar-refractivity contribution in [3.63, 3.8) is 0 Å². The number of pyridine rings is 1. The Morgan fingerprint density at radius 1 is 1.06 bits per heavy atom. The number of hydrogen-bond donors (Lipinski definition) is 1. The Morgan fingerprint density at radius 3 is 2.53 bits per heavy atom. The fourth-order valence-electron chi connectivity index (χ4n) is 4.52. The number of ether oxygens (including phenoxy) is 1. The summed E-state index contributed by atoms with van der Waals surface area (Å²) in [5.41, 5.74) is 3.45. The first-order chi connectivity index (χ1) is 16.2. The molecule has 1 aliphatic heterocycles. The van der Waals surface area contributed by atoms with Crippen LogP contribution in [0.5, 0.6) is 11.5 Å². The summed E-state index contributed by atoms with van der Waals surface area (Å²) in [4.78, 5) is 11.2. The van der Waals surface area contributed by atoms with Gasteiger partial charge in [0, 0.05) is 43.5 Å². The van der Waals surface area contributed by atoms with Gasteiger partial charge in [-0.1, -0.05) is 20.8 Å². The number of aromatic nitrogens is 6. The number of rotatable bonds is 4. The van der Waals surface area contributed by atoms with Crippen molar-refractivity contribution in [1.82, 2.24) is 29.9 Å². The van der Waals surface area contributed by atoms with Gasteiger partial charge in [0.25, 0.3) is 0 Å². The van der Waals surface area contributed by atoms with E-state index in [1.807, 2.05) is 25.4 Å². The Bertz CT molecular complexity index is 1340. The van der Waals surface area contributed by atoms with E-state index in [4.69, 9.17) is 4.74 Å². The van der Waals surface area contributed by atoms with Crippen LogP contribution in [0.15, 0.2) is 36.8 Å². The second-order valence-corrected chi connectivity index (χ2v) is 9.95. The highest BCUT2D eigenvalue weighted by atomic mass is 16.5. The van der Waals surface area contributed by atoms with E-state index in [0.29, 0.717) is 29.0 Å². The van der Waals surface area contributed by atoms with Crippen molar-refractivity contribution in [2.75, 3.05) is 25.1 Å². The van der Waals surface area contributed by atoms with Gasteiger partial charge in [0.1, 0.15) is 28.4 Å². The molecule has 1 fully saturated rings.